The lowest BCUT2D eigenvalue weighted by Gasteiger charge is -2.36. The second kappa shape index (κ2) is 4.11. The maximum atomic E-state index is 10.0. The van der Waals surface area contributed by atoms with Crippen LogP contribution in [0.3, 0.4) is 0 Å². The highest BCUT2D eigenvalue weighted by Gasteiger charge is 2.39. The number of hydrogen-bond acceptors (Lipinski definition) is 3. The summed E-state index contributed by atoms with van der Waals surface area (Å²) < 4.78 is 5.07. The van der Waals surface area contributed by atoms with E-state index in [2.05, 4.69) is 6.92 Å². The molecule has 0 amide bonds. The van der Waals surface area contributed by atoms with Crippen molar-refractivity contribution in [2.75, 3.05) is 0 Å². The zero-order valence-corrected chi connectivity index (χ0v) is 8.23. The highest BCUT2D eigenvalue weighted by atomic mass is 16.5. The third-order valence-electron chi connectivity index (χ3n) is 2.54. The van der Waals surface area contributed by atoms with Crippen LogP contribution in [0.2, 0.25) is 0 Å². The molecule has 76 valence electrons. The molecule has 3 nitrogen and oxygen atoms in total. The monoisotopic (exact) mass is 186 g/mol. The van der Waals surface area contributed by atoms with E-state index < -0.39 is 11.7 Å². The molecule has 0 spiro atoms. The minimum Gasteiger partial charge on any atom is -0.496 e. The molecule has 1 heterocycles. The Morgan fingerprint density at radius 3 is 2.85 bits per heavy atom. The zero-order valence-electron chi connectivity index (χ0n) is 8.23. The van der Waals surface area contributed by atoms with Gasteiger partial charge < -0.3 is 14.9 Å². The quantitative estimate of drug-likeness (QED) is 0.696. The number of hydrogen-bond donors (Lipinski definition) is 2. The van der Waals surface area contributed by atoms with Gasteiger partial charge in [-0.25, -0.2) is 0 Å². The number of unbranched alkanes of at least 4 members (excludes halogenated alkanes) is 1. The summed E-state index contributed by atoms with van der Waals surface area (Å²) in [6.07, 6.45) is 4.40. The fourth-order valence-electron chi connectivity index (χ4n) is 1.55. The zero-order chi connectivity index (χ0) is 9.90. The molecule has 0 unspecified atom stereocenters. The molecule has 1 aliphatic rings. The van der Waals surface area contributed by atoms with E-state index in [0.29, 0.717) is 6.42 Å². The molecule has 0 radical (unpaired) electrons. The predicted molar refractivity (Wildman–Crippen MR) is 50.2 cm³/mol. The normalized spacial score (nSPS) is 38.8. The van der Waals surface area contributed by atoms with Crippen molar-refractivity contribution in [3.8, 4) is 0 Å². The summed E-state index contributed by atoms with van der Waals surface area (Å²) >= 11 is 0. The van der Waals surface area contributed by atoms with Crippen LogP contribution in [0.25, 0.3) is 0 Å². The predicted octanol–water partition coefficient (Wildman–Crippen LogP) is 1.20. The lowest BCUT2D eigenvalue weighted by molar-refractivity contribution is -0.116. The van der Waals surface area contributed by atoms with Gasteiger partial charge in [-0.1, -0.05) is 19.8 Å². The second-order valence-electron chi connectivity index (χ2n) is 3.68. The molecular weight excluding hydrogens is 168 g/mol. The molecule has 0 saturated heterocycles. The summed E-state index contributed by atoms with van der Waals surface area (Å²) in [6.45, 7) is 3.81. The Kier molecular flexibility index (Phi) is 3.33. The van der Waals surface area contributed by atoms with Crippen molar-refractivity contribution in [2.24, 2.45) is 0 Å². The van der Waals surface area contributed by atoms with E-state index in [1.165, 1.54) is 6.26 Å². The van der Waals surface area contributed by atoms with Crippen molar-refractivity contribution < 1.29 is 14.9 Å². The average molecular weight is 186 g/mol. The summed E-state index contributed by atoms with van der Waals surface area (Å²) in [5.41, 5.74) is -1.09. The van der Waals surface area contributed by atoms with Gasteiger partial charge in [-0.2, -0.15) is 0 Å². The van der Waals surface area contributed by atoms with E-state index in [4.69, 9.17) is 4.74 Å². The molecule has 2 N–H and O–H groups in total. The SMILES string of the molecule is CCCC[C@@]1(O)C=CO[C@@H](C)[C@@H]1O. The molecule has 0 aromatic rings. The summed E-state index contributed by atoms with van der Waals surface area (Å²) in [7, 11) is 0. The third kappa shape index (κ3) is 2.23. The first-order chi connectivity index (χ1) is 6.10. The highest BCUT2D eigenvalue weighted by Crippen LogP contribution is 2.27. The van der Waals surface area contributed by atoms with Crippen molar-refractivity contribution in [1.29, 1.82) is 0 Å². The van der Waals surface area contributed by atoms with E-state index >= 15 is 0 Å². The lowest BCUT2D eigenvalue weighted by Crippen LogP contribution is -2.49. The number of rotatable bonds is 3. The van der Waals surface area contributed by atoms with Gasteiger partial charge in [0, 0.05) is 0 Å². The van der Waals surface area contributed by atoms with Crippen LogP contribution < -0.4 is 0 Å². The Morgan fingerprint density at radius 1 is 1.54 bits per heavy atom. The number of aliphatic hydroxyl groups excluding tert-OH is 1. The summed E-state index contributed by atoms with van der Waals surface area (Å²) in [5.74, 6) is 0. The van der Waals surface area contributed by atoms with Crippen LogP contribution in [0.5, 0.6) is 0 Å². The Hall–Kier alpha value is -0.540. The molecule has 0 bridgehead atoms. The molecule has 13 heavy (non-hydrogen) atoms. The van der Waals surface area contributed by atoms with E-state index in [0.717, 1.165) is 12.8 Å². The Labute approximate surface area is 79.0 Å². The maximum Gasteiger partial charge on any atom is 0.124 e. The molecule has 0 aromatic carbocycles. The van der Waals surface area contributed by atoms with E-state index in [9.17, 15) is 10.2 Å². The largest absolute Gasteiger partial charge is 0.496 e. The maximum absolute atomic E-state index is 10.0. The molecule has 0 fully saturated rings. The summed E-state index contributed by atoms with van der Waals surface area (Å²) in [6, 6.07) is 0. The van der Waals surface area contributed by atoms with Crippen LogP contribution in [0.1, 0.15) is 33.1 Å². The van der Waals surface area contributed by atoms with E-state index in [-0.39, 0.29) is 6.10 Å². The van der Waals surface area contributed by atoms with Crippen LogP contribution in [-0.4, -0.2) is 28.0 Å². The molecule has 0 aliphatic carbocycles. The van der Waals surface area contributed by atoms with Gasteiger partial charge in [-0.3, -0.25) is 0 Å². The molecule has 1 aliphatic heterocycles. The average Bonchev–Trinajstić information content (AvgIpc) is 2.11. The van der Waals surface area contributed by atoms with Crippen LogP contribution in [0.4, 0.5) is 0 Å². The van der Waals surface area contributed by atoms with Crippen LogP contribution >= 0.6 is 0 Å². The van der Waals surface area contributed by atoms with Gasteiger partial charge in [-0.15, -0.1) is 0 Å². The summed E-state index contributed by atoms with van der Waals surface area (Å²) in [4.78, 5) is 0. The standard InChI is InChI=1S/C10H18O3/c1-3-4-5-10(12)6-7-13-8(2)9(10)11/h6-9,11-12H,3-5H2,1-2H3/t8-,9-,10+/m0/s1. The topological polar surface area (TPSA) is 49.7 Å². The minimum atomic E-state index is -1.09. The Morgan fingerprint density at radius 2 is 2.23 bits per heavy atom. The van der Waals surface area contributed by atoms with Gasteiger partial charge in [0.05, 0.1) is 6.26 Å². The second-order valence-corrected chi connectivity index (χ2v) is 3.68. The van der Waals surface area contributed by atoms with Crippen LogP contribution in [0, 0.1) is 0 Å². The minimum absolute atomic E-state index is 0.327. The van der Waals surface area contributed by atoms with Crippen molar-refractivity contribution in [1.82, 2.24) is 0 Å². The van der Waals surface area contributed by atoms with Crippen LogP contribution in [0.15, 0.2) is 12.3 Å². The van der Waals surface area contributed by atoms with Gasteiger partial charge in [0.2, 0.25) is 0 Å². The van der Waals surface area contributed by atoms with Crippen LogP contribution in [-0.2, 0) is 4.74 Å². The molecule has 1 rings (SSSR count). The van der Waals surface area contributed by atoms with E-state index in [1.807, 2.05) is 0 Å². The highest BCUT2D eigenvalue weighted by molar-refractivity contribution is 5.08. The Bertz CT molecular complexity index is 191. The smallest absolute Gasteiger partial charge is 0.124 e. The Balaban J connectivity index is 2.63. The first-order valence-corrected chi connectivity index (χ1v) is 4.84. The third-order valence-corrected chi connectivity index (χ3v) is 2.54. The number of aliphatic hydroxyl groups is 2. The molecule has 0 saturated carbocycles. The van der Waals surface area contributed by atoms with Gasteiger partial charge in [-0.05, 0) is 19.4 Å². The first-order valence-electron chi connectivity index (χ1n) is 4.84. The molecule has 0 aromatic heterocycles. The van der Waals surface area contributed by atoms with Crippen molar-refractivity contribution in [3.63, 3.8) is 0 Å². The molecular formula is C10H18O3. The van der Waals surface area contributed by atoms with Gasteiger partial charge in [0.1, 0.15) is 17.8 Å². The van der Waals surface area contributed by atoms with Gasteiger partial charge in [0.15, 0.2) is 0 Å². The molecule has 3 atom stereocenters. The van der Waals surface area contributed by atoms with Crippen molar-refractivity contribution in [3.05, 3.63) is 12.3 Å². The van der Waals surface area contributed by atoms with Gasteiger partial charge in [0.25, 0.3) is 0 Å². The number of ether oxygens (including phenoxy) is 1. The van der Waals surface area contributed by atoms with Gasteiger partial charge >= 0.3 is 0 Å². The fourth-order valence-corrected chi connectivity index (χ4v) is 1.55. The van der Waals surface area contributed by atoms with E-state index in [1.54, 1.807) is 13.0 Å². The molecule has 3 heteroatoms. The lowest BCUT2D eigenvalue weighted by atomic mass is 9.87. The first kappa shape index (κ1) is 10.5. The van der Waals surface area contributed by atoms with Crippen molar-refractivity contribution in [2.45, 2.75) is 50.9 Å². The van der Waals surface area contributed by atoms with Crippen molar-refractivity contribution >= 4 is 0 Å². The summed E-state index contributed by atoms with van der Waals surface area (Å²) in [5, 5.41) is 19.7. The fraction of sp³-hybridized carbons (Fsp3) is 0.800.